The largest absolute Gasteiger partial charge is 0.494 e. The van der Waals surface area contributed by atoms with Gasteiger partial charge < -0.3 is 9.47 Å². The molecule has 0 aliphatic rings. The Morgan fingerprint density at radius 3 is 2.23 bits per heavy atom. The van der Waals surface area contributed by atoms with Crippen LogP contribution in [0.1, 0.15) is 66.2 Å². The highest BCUT2D eigenvalue weighted by Crippen LogP contribution is 2.17. The van der Waals surface area contributed by atoms with Crippen molar-refractivity contribution in [3.05, 3.63) is 94.2 Å². The number of unbranched alkanes of at least 4 members (excludes halogenated alkanes) is 5. The lowest BCUT2D eigenvalue weighted by molar-refractivity contribution is -0.128. The van der Waals surface area contributed by atoms with Crippen molar-refractivity contribution >= 4 is 35.2 Å². The number of benzene rings is 2. The molecule has 0 saturated carbocycles. The van der Waals surface area contributed by atoms with Gasteiger partial charge in [0, 0.05) is 16.5 Å². The van der Waals surface area contributed by atoms with Gasteiger partial charge in [-0.3, -0.25) is 4.79 Å². The van der Waals surface area contributed by atoms with E-state index in [4.69, 9.17) is 9.47 Å². The molecule has 0 saturated heterocycles. The van der Waals surface area contributed by atoms with E-state index >= 15 is 0 Å². The van der Waals surface area contributed by atoms with Crippen molar-refractivity contribution in [3.8, 4) is 11.5 Å². The van der Waals surface area contributed by atoms with Gasteiger partial charge in [-0.15, -0.1) is 11.3 Å². The lowest BCUT2D eigenvalue weighted by Crippen LogP contribution is -2.04. The predicted molar refractivity (Wildman–Crippen MR) is 144 cm³/mol. The topological polar surface area (TPSA) is 52.6 Å². The SMILES string of the molecule is CCCCCCCCOc1ccc(/C=C/C(=O)Oc2ccc(C(=O)/C=C/c3cccs3)cc2)cc1. The van der Waals surface area contributed by atoms with Crippen LogP contribution in [0, 0.1) is 0 Å². The summed E-state index contributed by atoms with van der Waals surface area (Å²) in [5.74, 6) is 0.635. The molecule has 3 aromatic rings. The highest BCUT2D eigenvalue weighted by atomic mass is 32.1. The molecule has 0 unspecified atom stereocenters. The van der Waals surface area contributed by atoms with Gasteiger partial charge in [-0.05, 0) is 78.1 Å². The van der Waals surface area contributed by atoms with Crippen molar-refractivity contribution in [3.63, 3.8) is 0 Å². The first-order valence-corrected chi connectivity index (χ1v) is 13.0. The summed E-state index contributed by atoms with van der Waals surface area (Å²) in [6.07, 6.45) is 13.8. The third-order valence-electron chi connectivity index (χ3n) is 5.36. The summed E-state index contributed by atoms with van der Waals surface area (Å²) in [6, 6.07) is 18.1. The number of rotatable bonds is 14. The summed E-state index contributed by atoms with van der Waals surface area (Å²) in [4.78, 5) is 25.5. The van der Waals surface area contributed by atoms with Gasteiger partial charge in [-0.1, -0.05) is 57.2 Å². The van der Waals surface area contributed by atoms with Crippen LogP contribution in [0.25, 0.3) is 12.2 Å². The Morgan fingerprint density at radius 1 is 0.800 bits per heavy atom. The van der Waals surface area contributed by atoms with Crippen molar-refractivity contribution in [1.82, 2.24) is 0 Å². The molecule has 1 aromatic heterocycles. The number of ether oxygens (including phenoxy) is 2. The summed E-state index contributed by atoms with van der Waals surface area (Å²) >= 11 is 1.57. The van der Waals surface area contributed by atoms with Crippen molar-refractivity contribution in [2.45, 2.75) is 45.4 Å². The summed E-state index contributed by atoms with van der Waals surface area (Å²) in [5.41, 5.74) is 1.42. The molecule has 182 valence electrons. The second kappa shape index (κ2) is 14.7. The number of hydrogen-bond acceptors (Lipinski definition) is 5. The Hall–Kier alpha value is -3.44. The molecule has 0 atom stereocenters. The van der Waals surface area contributed by atoms with E-state index in [0.717, 1.165) is 29.2 Å². The Bertz CT molecular complexity index is 1090. The molecule has 0 aliphatic heterocycles. The smallest absolute Gasteiger partial charge is 0.336 e. The highest BCUT2D eigenvalue weighted by Gasteiger charge is 2.05. The van der Waals surface area contributed by atoms with Crippen LogP contribution in [0.2, 0.25) is 0 Å². The minimum absolute atomic E-state index is 0.101. The van der Waals surface area contributed by atoms with E-state index in [1.54, 1.807) is 53.8 Å². The maximum absolute atomic E-state index is 12.3. The first-order valence-electron chi connectivity index (χ1n) is 12.1. The molecule has 2 aromatic carbocycles. The van der Waals surface area contributed by atoms with E-state index in [0.29, 0.717) is 11.3 Å². The Morgan fingerprint density at radius 2 is 1.51 bits per heavy atom. The van der Waals surface area contributed by atoms with Gasteiger partial charge in [0.05, 0.1) is 6.61 Å². The molecule has 35 heavy (non-hydrogen) atoms. The van der Waals surface area contributed by atoms with Crippen LogP contribution in [0.4, 0.5) is 0 Å². The zero-order valence-corrected chi connectivity index (χ0v) is 21.0. The second-order valence-corrected chi connectivity index (χ2v) is 9.16. The molecule has 0 spiro atoms. The first-order chi connectivity index (χ1) is 17.1. The molecular formula is C30H32O4S. The van der Waals surface area contributed by atoms with Gasteiger partial charge in [-0.25, -0.2) is 4.79 Å². The molecule has 5 heteroatoms. The summed E-state index contributed by atoms with van der Waals surface area (Å²) in [7, 11) is 0. The van der Waals surface area contributed by atoms with Crippen molar-refractivity contribution < 1.29 is 19.1 Å². The quantitative estimate of drug-likeness (QED) is 0.0758. The molecular weight excluding hydrogens is 456 g/mol. The van der Waals surface area contributed by atoms with E-state index in [2.05, 4.69) is 6.92 Å². The highest BCUT2D eigenvalue weighted by molar-refractivity contribution is 7.10. The van der Waals surface area contributed by atoms with Gasteiger partial charge in [0.25, 0.3) is 0 Å². The number of thiophene rings is 1. The average Bonchev–Trinajstić information content (AvgIpc) is 3.40. The molecule has 0 aliphatic carbocycles. The van der Waals surface area contributed by atoms with Crippen LogP contribution in [0.3, 0.4) is 0 Å². The van der Waals surface area contributed by atoms with Crippen LogP contribution in [0.5, 0.6) is 11.5 Å². The third-order valence-corrected chi connectivity index (χ3v) is 6.20. The number of esters is 1. The van der Waals surface area contributed by atoms with E-state index in [1.165, 1.54) is 38.2 Å². The van der Waals surface area contributed by atoms with Crippen LogP contribution < -0.4 is 9.47 Å². The maximum atomic E-state index is 12.3. The molecule has 0 amide bonds. The fourth-order valence-electron chi connectivity index (χ4n) is 3.39. The predicted octanol–water partition coefficient (Wildman–Crippen LogP) is 8.00. The fraction of sp³-hybridized carbons (Fsp3) is 0.267. The van der Waals surface area contributed by atoms with Crippen LogP contribution in [-0.2, 0) is 4.79 Å². The van der Waals surface area contributed by atoms with Gasteiger partial charge in [0.15, 0.2) is 5.78 Å². The third kappa shape index (κ3) is 9.75. The van der Waals surface area contributed by atoms with E-state index in [-0.39, 0.29) is 5.78 Å². The summed E-state index contributed by atoms with van der Waals surface area (Å²) in [6.45, 7) is 2.95. The van der Waals surface area contributed by atoms with Gasteiger partial charge in [-0.2, -0.15) is 0 Å². The number of carbonyl (C=O) groups is 2. The van der Waals surface area contributed by atoms with Gasteiger partial charge in [0.1, 0.15) is 11.5 Å². The molecule has 0 radical (unpaired) electrons. The molecule has 1 heterocycles. The van der Waals surface area contributed by atoms with Crippen LogP contribution in [0.15, 0.2) is 78.2 Å². The lowest BCUT2D eigenvalue weighted by Gasteiger charge is -2.06. The molecule has 0 fully saturated rings. The normalized spacial score (nSPS) is 11.2. The van der Waals surface area contributed by atoms with Crippen molar-refractivity contribution in [1.29, 1.82) is 0 Å². The molecule has 3 rings (SSSR count). The second-order valence-electron chi connectivity index (χ2n) is 8.18. The summed E-state index contributed by atoms with van der Waals surface area (Å²) < 4.78 is 11.1. The van der Waals surface area contributed by atoms with Crippen LogP contribution in [-0.4, -0.2) is 18.4 Å². The first kappa shape index (κ1) is 26.2. The summed E-state index contributed by atoms with van der Waals surface area (Å²) in [5, 5.41) is 1.96. The molecule has 4 nitrogen and oxygen atoms in total. The van der Waals surface area contributed by atoms with Crippen molar-refractivity contribution in [2.75, 3.05) is 6.61 Å². The standard InChI is InChI=1S/C30H32O4S/c1-2-3-4-5-6-7-22-33-26-15-10-24(11-16-26)12-21-30(32)34-27-17-13-25(14-18-27)29(31)20-19-28-9-8-23-35-28/h8-21,23H,2-7,22H2,1H3/b20-19+,21-12+. The Kier molecular flexibility index (Phi) is 11.0. The van der Waals surface area contributed by atoms with Crippen LogP contribution >= 0.6 is 11.3 Å². The van der Waals surface area contributed by atoms with E-state index in [1.807, 2.05) is 41.8 Å². The fourth-order valence-corrected chi connectivity index (χ4v) is 4.01. The number of hydrogen-bond donors (Lipinski definition) is 0. The number of carbonyl (C=O) groups excluding carboxylic acids is 2. The average molecular weight is 489 g/mol. The Balaban J connectivity index is 1.40. The van der Waals surface area contributed by atoms with E-state index in [9.17, 15) is 9.59 Å². The maximum Gasteiger partial charge on any atom is 0.336 e. The zero-order valence-electron chi connectivity index (χ0n) is 20.2. The molecule has 0 bridgehead atoms. The zero-order chi connectivity index (χ0) is 24.7. The lowest BCUT2D eigenvalue weighted by atomic mass is 10.1. The minimum Gasteiger partial charge on any atom is -0.494 e. The number of ketones is 1. The minimum atomic E-state index is -0.481. The Labute approximate surface area is 211 Å². The van der Waals surface area contributed by atoms with Crippen molar-refractivity contribution in [2.24, 2.45) is 0 Å². The van der Waals surface area contributed by atoms with Gasteiger partial charge in [0.2, 0.25) is 0 Å². The number of allylic oxidation sites excluding steroid dienone is 1. The van der Waals surface area contributed by atoms with Gasteiger partial charge >= 0.3 is 5.97 Å². The van der Waals surface area contributed by atoms with E-state index < -0.39 is 5.97 Å². The monoisotopic (exact) mass is 488 g/mol. The molecule has 0 N–H and O–H groups in total.